The summed E-state index contributed by atoms with van der Waals surface area (Å²) in [6.45, 7) is 0.420. The number of halogens is 1. The van der Waals surface area contributed by atoms with Crippen LogP contribution in [0.3, 0.4) is 0 Å². The first kappa shape index (κ1) is 16.0. The molecule has 0 amide bonds. The van der Waals surface area contributed by atoms with E-state index in [1.165, 1.54) is 23.5 Å². The summed E-state index contributed by atoms with van der Waals surface area (Å²) in [6, 6.07) is 5.60. The summed E-state index contributed by atoms with van der Waals surface area (Å²) in [5.41, 5.74) is 0.852. The van der Waals surface area contributed by atoms with Gasteiger partial charge in [-0.05, 0) is 30.5 Å². The molecular formula is C14H17FN4O3S. The van der Waals surface area contributed by atoms with E-state index in [0.717, 1.165) is 12.0 Å². The van der Waals surface area contributed by atoms with Crippen LogP contribution in [0.1, 0.15) is 36.2 Å². The normalized spacial score (nSPS) is 19.3. The summed E-state index contributed by atoms with van der Waals surface area (Å²) in [7, 11) is -2.16. The molecule has 23 heavy (non-hydrogen) atoms. The Balaban J connectivity index is 1.77. The fourth-order valence-corrected chi connectivity index (χ4v) is 3.79. The molecule has 124 valence electrons. The quantitative estimate of drug-likeness (QED) is 0.889. The van der Waals surface area contributed by atoms with Crippen LogP contribution in [-0.4, -0.2) is 36.5 Å². The van der Waals surface area contributed by atoms with Crippen molar-refractivity contribution in [2.24, 2.45) is 0 Å². The molecule has 0 radical (unpaired) electrons. The smallest absolute Gasteiger partial charge is 0.279 e. The van der Waals surface area contributed by atoms with Gasteiger partial charge in [0.2, 0.25) is 5.89 Å². The Morgan fingerprint density at radius 3 is 2.83 bits per heavy atom. The lowest BCUT2D eigenvalue weighted by molar-refractivity contribution is 0.288. The predicted molar refractivity (Wildman–Crippen MR) is 80.2 cm³/mol. The van der Waals surface area contributed by atoms with Gasteiger partial charge in [-0.2, -0.15) is 17.7 Å². The van der Waals surface area contributed by atoms with Crippen molar-refractivity contribution in [2.45, 2.75) is 25.3 Å². The Labute approximate surface area is 133 Å². The molecule has 0 spiro atoms. The average Bonchev–Trinajstić information content (AvgIpc) is 3.18. The second kappa shape index (κ2) is 6.34. The van der Waals surface area contributed by atoms with Crippen molar-refractivity contribution in [2.75, 3.05) is 13.6 Å². The minimum Gasteiger partial charge on any atom is -0.338 e. The summed E-state index contributed by atoms with van der Waals surface area (Å²) in [5.74, 6) is 0.431. The number of nitrogens with zero attached hydrogens (tertiary/aromatic N) is 3. The Morgan fingerprint density at radius 2 is 2.13 bits per heavy atom. The monoisotopic (exact) mass is 340 g/mol. The molecule has 9 heteroatoms. The second-order valence-electron chi connectivity index (χ2n) is 5.33. The first-order valence-electron chi connectivity index (χ1n) is 7.27. The van der Waals surface area contributed by atoms with Crippen molar-refractivity contribution in [3.05, 3.63) is 47.4 Å². The minimum absolute atomic E-state index is 0.290. The minimum atomic E-state index is -3.54. The Hall–Kier alpha value is -1.84. The van der Waals surface area contributed by atoms with Crippen LogP contribution in [0.15, 0.2) is 28.8 Å². The van der Waals surface area contributed by atoms with E-state index in [4.69, 9.17) is 4.52 Å². The number of rotatable bonds is 5. The van der Waals surface area contributed by atoms with Crippen molar-refractivity contribution in [1.29, 1.82) is 0 Å². The SMILES string of the molecule is CNS(=O)(=O)N1CCCC1c1nc(Cc2ccc(F)cc2)no1. The molecule has 1 aliphatic heterocycles. The van der Waals surface area contributed by atoms with Crippen molar-refractivity contribution in [3.63, 3.8) is 0 Å². The zero-order valence-corrected chi connectivity index (χ0v) is 13.4. The maximum Gasteiger partial charge on any atom is 0.279 e. The third kappa shape index (κ3) is 3.41. The molecular weight excluding hydrogens is 323 g/mol. The van der Waals surface area contributed by atoms with E-state index in [-0.39, 0.29) is 5.82 Å². The number of hydrogen-bond donors (Lipinski definition) is 1. The molecule has 1 N–H and O–H groups in total. The standard InChI is InChI=1S/C14H17FN4O3S/c1-16-23(20,21)19-8-2-3-12(19)14-17-13(18-22-14)9-10-4-6-11(15)7-5-10/h4-7,12,16H,2-3,8-9H2,1H3. The third-order valence-corrected chi connectivity index (χ3v) is 5.39. The van der Waals surface area contributed by atoms with E-state index >= 15 is 0 Å². The van der Waals surface area contributed by atoms with Gasteiger partial charge in [-0.3, -0.25) is 0 Å². The van der Waals surface area contributed by atoms with Crippen LogP contribution in [0.25, 0.3) is 0 Å². The number of hydrogen-bond acceptors (Lipinski definition) is 5. The van der Waals surface area contributed by atoms with Crippen LogP contribution >= 0.6 is 0 Å². The van der Waals surface area contributed by atoms with E-state index in [2.05, 4.69) is 14.9 Å². The number of nitrogens with one attached hydrogen (secondary N) is 1. The molecule has 2 heterocycles. The predicted octanol–water partition coefficient (Wildman–Crippen LogP) is 1.40. The summed E-state index contributed by atoms with van der Waals surface area (Å²) in [5, 5.41) is 3.90. The molecule has 2 aromatic rings. The second-order valence-corrected chi connectivity index (χ2v) is 7.16. The summed E-state index contributed by atoms with van der Waals surface area (Å²) in [4.78, 5) is 4.30. The lowest BCUT2D eigenvalue weighted by Gasteiger charge is -2.20. The first-order valence-corrected chi connectivity index (χ1v) is 8.71. The zero-order valence-electron chi connectivity index (χ0n) is 12.6. The van der Waals surface area contributed by atoms with Gasteiger partial charge in [0, 0.05) is 20.0 Å². The highest BCUT2D eigenvalue weighted by atomic mass is 32.2. The van der Waals surface area contributed by atoms with Crippen LogP contribution in [0, 0.1) is 5.82 Å². The van der Waals surface area contributed by atoms with Crippen molar-refractivity contribution in [1.82, 2.24) is 19.2 Å². The van der Waals surface area contributed by atoms with E-state index in [0.29, 0.717) is 31.1 Å². The molecule has 1 atom stereocenters. The van der Waals surface area contributed by atoms with Gasteiger partial charge in [0.15, 0.2) is 5.82 Å². The fourth-order valence-electron chi connectivity index (χ4n) is 2.65. The molecule has 1 unspecified atom stereocenters. The maximum absolute atomic E-state index is 12.9. The van der Waals surface area contributed by atoms with Gasteiger partial charge in [0.25, 0.3) is 10.2 Å². The molecule has 0 aliphatic carbocycles. The van der Waals surface area contributed by atoms with Crippen LogP contribution in [0.5, 0.6) is 0 Å². The van der Waals surface area contributed by atoms with Crippen molar-refractivity contribution < 1.29 is 17.3 Å². The highest BCUT2D eigenvalue weighted by Crippen LogP contribution is 2.32. The Bertz CT molecular complexity index is 776. The topological polar surface area (TPSA) is 88.3 Å². The molecule has 1 saturated heterocycles. The van der Waals surface area contributed by atoms with Gasteiger partial charge in [-0.1, -0.05) is 17.3 Å². The number of aromatic nitrogens is 2. The van der Waals surface area contributed by atoms with Gasteiger partial charge in [0.1, 0.15) is 11.9 Å². The highest BCUT2D eigenvalue weighted by molar-refractivity contribution is 7.87. The molecule has 1 fully saturated rings. The van der Waals surface area contributed by atoms with Gasteiger partial charge in [-0.15, -0.1) is 0 Å². The highest BCUT2D eigenvalue weighted by Gasteiger charge is 2.37. The van der Waals surface area contributed by atoms with Crippen molar-refractivity contribution >= 4 is 10.2 Å². The van der Waals surface area contributed by atoms with Gasteiger partial charge in [0.05, 0.1) is 0 Å². The fraction of sp³-hybridized carbons (Fsp3) is 0.429. The molecule has 3 rings (SSSR count). The molecule has 7 nitrogen and oxygen atoms in total. The van der Waals surface area contributed by atoms with E-state index < -0.39 is 16.3 Å². The Morgan fingerprint density at radius 1 is 1.39 bits per heavy atom. The van der Waals surface area contributed by atoms with Crippen LogP contribution in [-0.2, 0) is 16.6 Å². The molecule has 1 aliphatic rings. The first-order chi connectivity index (χ1) is 11.0. The molecule has 1 aromatic carbocycles. The average molecular weight is 340 g/mol. The van der Waals surface area contributed by atoms with E-state index in [1.54, 1.807) is 12.1 Å². The summed E-state index contributed by atoms with van der Waals surface area (Å²) < 4.78 is 45.8. The largest absolute Gasteiger partial charge is 0.338 e. The maximum atomic E-state index is 12.9. The molecule has 0 bridgehead atoms. The van der Waals surface area contributed by atoms with E-state index in [9.17, 15) is 12.8 Å². The van der Waals surface area contributed by atoms with Crippen LogP contribution < -0.4 is 4.72 Å². The Kier molecular flexibility index (Phi) is 4.42. The van der Waals surface area contributed by atoms with Crippen LogP contribution in [0.2, 0.25) is 0 Å². The van der Waals surface area contributed by atoms with Crippen LogP contribution in [0.4, 0.5) is 4.39 Å². The van der Waals surface area contributed by atoms with Gasteiger partial charge in [-0.25, -0.2) is 9.11 Å². The lowest BCUT2D eigenvalue weighted by Crippen LogP contribution is -2.38. The van der Waals surface area contributed by atoms with Gasteiger partial charge < -0.3 is 4.52 Å². The molecule has 1 aromatic heterocycles. The zero-order chi connectivity index (χ0) is 16.4. The van der Waals surface area contributed by atoms with E-state index in [1.807, 2.05) is 0 Å². The third-order valence-electron chi connectivity index (χ3n) is 3.81. The lowest BCUT2D eigenvalue weighted by atomic mass is 10.1. The van der Waals surface area contributed by atoms with Gasteiger partial charge >= 0.3 is 0 Å². The molecule has 0 saturated carbocycles. The number of benzene rings is 1. The van der Waals surface area contributed by atoms with Crippen molar-refractivity contribution in [3.8, 4) is 0 Å². The summed E-state index contributed by atoms with van der Waals surface area (Å²) >= 11 is 0. The summed E-state index contributed by atoms with van der Waals surface area (Å²) in [6.07, 6.45) is 1.77.